The molecular weight excluding hydrogens is 198 g/mol. The van der Waals surface area contributed by atoms with E-state index in [2.05, 4.69) is 13.0 Å². The van der Waals surface area contributed by atoms with Crippen molar-refractivity contribution in [3.05, 3.63) is 29.8 Å². The number of nitrogens with two attached hydrogens (primary N) is 1. The Morgan fingerprint density at radius 2 is 2.12 bits per heavy atom. The fraction of sp³-hybridized carbons (Fsp3) is 0.571. The van der Waals surface area contributed by atoms with Crippen molar-refractivity contribution in [1.82, 2.24) is 0 Å². The monoisotopic (exact) mass is 219 g/mol. The van der Waals surface area contributed by atoms with Crippen molar-refractivity contribution < 1.29 is 4.74 Å². The third kappa shape index (κ3) is 2.56. The highest BCUT2D eigenvalue weighted by Crippen LogP contribution is 2.30. The van der Waals surface area contributed by atoms with Crippen LogP contribution in [-0.4, -0.2) is 6.61 Å². The first-order chi connectivity index (χ1) is 7.81. The summed E-state index contributed by atoms with van der Waals surface area (Å²) in [5.41, 5.74) is 7.21. The molecule has 2 N–H and O–H groups in total. The number of ether oxygens (including phenoxy) is 1. The van der Waals surface area contributed by atoms with E-state index in [1.165, 1.54) is 19.3 Å². The Labute approximate surface area is 97.8 Å². The van der Waals surface area contributed by atoms with Crippen LogP contribution in [0.5, 0.6) is 5.75 Å². The lowest BCUT2D eigenvalue weighted by Gasteiger charge is -2.26. The highest BCUT2D eigenvalue weighted by Gasteiger charge is 2.19. The van der Waals surface area contributed by atoms with Crippen LogP contribution in [0.25, 0.3) is 0 Å². The smallest absolute Gasteiger partial charge is 0.124 e. The van der Waals surface area contributed by atoms with Crippen LogP contribution in [0, 0.1) is 5.92 Å². The fourth-order valence-electron chi connectivity index (χ4n) is 2.01. The summed E-state index contributed by atoms with van der Waals surface area (Å²) >= 11 is 0. The fourth-order valence-corrected chi connectivity index (χ4v) is 2.01. The van der Waals surface area contributed by atoms with Gasteiger partial charge in [-0.3, -0.25) is 0 Å². The first-order valence-corrected chi connectivity index (χ1v) is 6.28. The highest BCUT2D eigenvalue weighted by molar-refractivity contribution is 5.35. The van der Waals surface area contributed by atoms with Crippen LogP contribution >= 0.6 is 0 Å². The summed E-state index contributed by atoms with van der Waals surface area (Å²) < 4.78 is 5.88. The lowest BCUT2D eigenvalue weighted by atomic mass is 9.86. The van der Waals surface area contributed by atoms with Crippen molar-refractivity contribution in [3.63, 3.8) is 0 Å². The molecule has 0 aromatic heterocycles. The molecule has 0 bridgehead atoms. The van der Waals surface area contributed by atoms with Crippen LogP contribution in [0.4, 0.5) is 0 Å². The number of rotatable bonds is 5. The maximum Gasteiger partial charge on any atom is 0.124 e. The van der Waals surface area contributed by atoms with Gasteiger partial charge in [-0.25, -0.2) is 0 Å². The van der Waals surface area contributed by atoms with Crippen molar-refractivity contribution in [2.75, 3.05) is 6.61 Å². The van der Waals surface area contributed by atoms with Gasteiger partial charge < -0.3 is 10.5 Å². The average Bonchev–Trinajstić information content (AvgIpc) is 2.26. The quantitative estimate of drug-likeness (QED) is 0.824. The Morgan fingerprint density at radius 1 is 1.38 bits per heavy atom. The van der Waals surface area contributed by atoms with Crippen molar-refractivity contribution in [3.8, 4) is 5.75 Å². The third-order valence-electron chi connectivity index (χ3n) is 3.46. The van der Waals surface area contributed by atoms with E-state index >= 15 is 0 Å². The molecule has 1 unspecified atom stereocenters. The normalized spacial score (nSPS) is 17.9. The minimum atomic E-state index is 0.0950. The molecule has 1 fully saturated rings. The van der Waals surface area contributed by atoms with Crippen molar-refractivity contribution in [2.45, 2.75) is 38.6 Å². The van der Waals surface area contributed by atoms with Crippen LogP contribution in [0.15, 0.2) is 24.3 Å². The molecule has 16 heavy (non-hydrogen) atoms. The molecule has 1 aliphatic rings. The zero-order chi connectivity index (χ0) is 11.4. The summed E-state index contributed by atoms with van der Waals surface area (Å²) in [5, 5.41) is 0. The van der Waals surface area contributed by atoms with E-state index in [1.807, 2.05) is 18.2 Å². The SMILES string of the molecule is CCC(N)c1ccccc1OCC1CCC1. The molecule has 0 aliphatic heterocycles. The highest BCUT2D eigenvalue weighted by atomic mass is 16.5. The maximum absolute atomic E-state index is 6.07. The molecule has 0 radical (unpaired) electrons. The molecule has 1 atom stereocenters. The van der Waals surface area contributed by atoms with E-state index in [-0.39, 0.29) is 6.04 Å². The van der Waals surface area contributed by atoms with E-state index in [0.717, 1.165) is 30.3 Å². The van der Waals surface area contributed by atoms with Crippen LogP contribution in [-0.2, 0) is 0 Å². The van der Waals surface area contributed by atoms with Gasteiger partial charge in [-0.05, 0) is 31.2 Å². The van der Waals surface area contributed by atoms with Gasteiger partial charge in [-0.15, -0.1) is 0 Å². The van der Waals surface area contributed by atoms with Crippen molar-refractivity contribution >= 4 is 0 Å². The predicted molar refractivity (Wildman–Crippen MR) is 66.5 cm³/mol. The number of hydrogen-bond donors (Lipinski definition) is 1. The van der Waals surface area contributed by atoms with Gasteiger partial charge in [0.15, 0.2) is 0 Å². The minimum absolute atomic E-state index is 0.0950. The Balaban J connectivity index is 2.00. The van der Waals surface area contributed by atoms with Gasteiger partial charge in [-0.1, -0.05) is 31.5 Å². The van der Waals surface area contributed by atoms with Gasteiger partial charge in [0.05, 0.1) is 6.61 Å². The first kappa shape index (κ1) is 11.5. The van der Waals surface area contributed by atoms with E-state index in [4.69, 9.17) is 10.5 Å². The van der Waals surface area contributed by atoms with Gasteiger partial charge in [-0.2, -0.15) is 0 Å². The molecule has 2 rings (SSSR count). The Bertz CT molecular complexity index is 333. The molecule has 1 aromatic rings. The second-order valence-electron chi connectivity index (χ2n) is 4.66. The van der Waals surface area contributed by atoms with Gasteiger partial charge >= 0.3 is 0 Å². The number of hydrogen-bond acceptors (Lipinski definition) is 2. The summed E-state index contributed by atoms with van der Waals surface area (Å²) in [6, 6.07) is 8.24. The first-order valence-electron chi connectivity index (χ1n) is 6.28. The second kappa shape index (κ2) is 5.35. The van der Waals surface area contributed by atoms with Crippen molar-refractivity contribution in [1.29, 1.82) is 0 Å². The minimum Gasteiger partial charge on any atom is -0.493 e. The van der Waals surface area contributed by atoms with Gasteiger partial charge in [0, 0.05) is 11.6 Å². The molecule has 2 heteroatoms. The van der Waals surface area contributed by atoms with Crippen molar-refractivity contribution in [2.24, 2.45) is 11.7 Å². The molecular formula is C14H21NO. The lowest BCUT2D eigenvalue weighted by Crippen LogP contribution is -2.20. The Morgan fingerprint density at radius 3 is 2.75 bits per heavy atom. The molecule has 1 aromatic carbocycles. The summed E-state index contributed by atoms with van der Waals surface area (Å²) in [6.07, 6.45) is 4.96. The van der Waals surface area contributed by atoms with Crippen LogP contribution < -0.4 is 10.5 Å². The van der Waals surface area contributed by atoms with E-state index in [1.54, 1.807) is 0 Å². The van der Waals surface area contributed by atoms with E-state index in [0.29, 0.717) is 0 Å². The lowest BCUT2D eigenvalue weighted by molar-refractivity contribution is 0.179. The molecule has 0 saturated heterocycles. The molecule has 0 spiro atoms. The van der Waals surface area contributed by atoms with Gasteiger partial charge in [0.2, 0.25) is 0 Å². The summed E-state index contributed by atoms with van der Waals surface area (Å²) in [4.78, 5) is 0. The average molecular weight is 219 g/mol. The van der Waals surface area contributed by atoms with Gasteiger partial charge in [0.1, 0.15) is 5.75 Å². The van der Waals surface area contributed by atoms with E-state index < -0.39 is 0 Å². The Kier molecular flexibility index (Phi) is 3.83. The standard InChI is InChI=1S/C14H21NO/c1-2-13(15)12-8-3-4-9-14(12)16-10-11-6-5-7-11/h3-4,8-9,11,13H,2,5-7,10,15H2,1H3. The van der Waals surface area contributed by atoms with Crippen LogP contribution in [0.1, 0.15) is 44.2 Å². The molecule has 0 heterocycles. The molecule has 1 aliphatic carbocycles. The molecule has 0 amide bonds. The third-order valence-corrected chi connectivity index (χ3v) is 3.46. The van der Waals surface area contributed by atoms with Crippen LogP contribution in [0.2, 0.25) is 0 Å². The molecule has 88 valence electrons. The van der Waals surface area contributed by atoms with Gasteiger partial charge in [0.25, 0.3) is 0 Å². The largest absolute Gasteiger partial charge is 0.493 e. The maximum atomic E-state index is 6.07. The molecule has 2 nitrogen and oxygen atoms in total. The van der Waals surface area contributed by atoms with E-state index in [9.17, 15) is 0 Å². The summed E-state index contributed by atoms with van der Waals surface area (Å²) in [6.45, 7) is 2.96. The zero-order valence-electron chi connectivity index (χ0n) is 9.99. The van der Waals surface area contributed by atoms with Crippen LogP contribution in [0.3, 0.4) is 0 Å². The topological polar surface area (TPSA) is 35.2 Å². The Hall–Kier alpha value is -1.02. The summed E-state index contributed by atoms with van der Waals surface area (Å²) in [7, 11) is 0. The molecule has 1 saturated carbocycles. The zero-order valence-corrected chi connectivity index (χ0v) is 9.99. The predicted octanol–water partition coefficient (Wildman–Crippen LogP) is 3.28. The second-order valence-corrected chi connectivity index (χ2v) is 4.66. The number of para-hydroxylation sites is 1. The summed E-state index contributed by atoms with van der Waals surface area (Å²) in [5.74, 6) is 1.75. The number of benzene rings is 1.